The molecule has 0 saturated heterocycles. The number of halogens is 4. The molecule has 0 heterocycles. The average molecular weight is 289 g/mol. The van der Waals surface area contributed by atoms with Crippen LogP contribution in [-0.2, 0) is 5.88 Å². The molecular weight excluding hydrogens is 281 g/mol. The highest BCUT2D eigenvalue weighted by Gasteiger charge is 2.11. The molecule has 94 valence electrons. The van der Waals surface area contributed by atoms with E-state index in [-0.39, 0.29) is 22.4 Å². The summed E-state index contributed by atoms with van der Waals surface area (Å²) in [6.45, 7) is 0. The summed E-state index contributed by atoms with van der Waals surface area (Å²) in [5.41, 5.74) is 0.619. The van der Waals surface area contributed by atoms with Crippen LogP contribution in [0.15, 0.2) is 36.4 Å². The van der Waals surface area contributed by atoms with E-state index in [1.165, 1.54) is 30.3 Å². The number of rotatable bonds is 3. The Hall–Kier alpha value is -1.32. The first-order valence-corrected chi connectivity index (χ1v) is 5.99. The minimum absolute atomic E-state index is 0.0784. The zero-order valence-electron chi connectivity index (χ0n) is 9.09. The first-order valence-electron chi connectivity index (χ1n) is 5.08. The van der Waals surface area contributed by atoms with E-state index in [1.54, 1.807) is 6.07 Å². The third-order valence-corrected chi connectivity index (χ3v) is 2.89. The summed E-state index contributed by atoms with van der Waals surface area (Å²) in [4.78, 5) is 0. The highest BCUT2D eigenvalue weighted by Crippen LogP contribution is 2.30. The Morgan fingerprint density at radius 2 is 1.83 bits per heavy atom. The minimum Gasteiger partial charge on any atom is -0.451 e. The summed E-state index contributed by atoms with van der Waals surface area (Å²) >= 11 is 11.2. The Balaban J connectivity index is 2.31. The van der Waals surface area contributed by atoms with Crippen LogP contribution in [0.25, 0.3) is 0 Å². The lowest BCUT2D eigenvalue weighted by Crippen LogP contribution is -1.92. The molecule has 0 atom stereocenters. The molecule has 2 rings (SSSR count). The number of benzene rings is 2. The molecular formula is C13H8Cl2F2O. The van der Waals surface area contributed by atoms with E-state index in [0.29, 0.717) is 5.56 Å². The third kappa shape index (κ3) is 2.74. The first-order chi connectivity index (χ1) is 8.61. The van der Waals surface area contributed by atoms with Crippen molar-refractivity contribution in [3.05, 3.63) is 58.6 Å². The molecule has 1 nitrogen and oxygen atoms in total. The molecule has 0 aliphatic carbocycles. The van der Waals surface area contributed by atoms with E-state index in [0.717, 1.165) is 0 Å². The number of hydrogen-bond donors (Lipinski definition) is 0. The van der Waals surface area contributed by atoms with Gasteiger partial charge in [0.15, 0.2) is 23.1 Å². The van der Waals surface area contributed by atoms with Crippen molar-refractivity contribution in [1.82, 2.24) is 0 Å². The van der Waals surface area contributed by atoms with Crippen LogP contribution in [0.5, 0.6) is 11.5 Å². The number of hydrogen-bond acceptors (Lipinski definition) is 1. The van der Waals surface area contributed by atoms with Crippen LogP contribution in [0.4, 0.5) is 8.78 Å². The maximum absolute atomic E-state index is 13.6. The molecule has 18 heavy (non-hydrogen) atoms. The van der Waals surface area contributed by atoms with Crippen molar-refractivity contribution in [2.45, 2.75) is 5.88 Å². The standard InChI is InChI=1S/C13H8Cl2F2O/c14-7-8-4-5-11(10(16)6-8)18-12-3-1-2-9(15)13(12)17/h1-6H,7H2. The van der Waals surface area contributed by atoms with Gasteiger partial charge in [-0.25, -0.2) is 8.78 Å². The predicted octanol–water partition coefficient (Wildman–Crippen LogP) is 5.15. The normalized spacial score (nSPS) is 10.4. The Kier molecular flexibility index (Phi) is 4.04. The molecule has 0 radical (unpaired) electrons. The highest BCUT2D eigenvalue weighted by atomic mass is 35.5. The molecule has 2 aromatic carbocycles. The van der Waals surface area contributed by atoms with Crippen molar-refractivity contribution in [3.63, 3.8) is 0 Å². The average Bonchev–Trinajstić information content (AvgIpc) is 2.37. The molecule has 0 N–H and O–H groups in total. The van der Waals surface area contributed by atoms with Crippen LogP contribution in [-0.4, -0.2) is 0 Å². The summed E-state index contributed by atoms with van der Waals surface area (Å²) in [7, 11) is 0. The van der Waals surface area contributed by atoms with Gasteiger partial charge in [-0.3, -0.25) is 0 Å². The first kappa shape index (κ1) is 13.1. The summed E-state index contributed by atoms with van der Waals surface area (Å²) in [5.74, 6) is -1.33. The quantitative estimate of drug-likeness (QED) is 0.710. The third-order valence-electron chi connectivity index (χ3n) is 2.29. The Morgan fingerprint density at radius 1 is 1.06 bits per heavy atom. The van der Waals surface area contributed by atoms with E-state index in [9.17, 15) is 8.78 Å². The van der Waals surface area contributed by atoms with Gasteiger partial charge < -0.3 is 4.74 Å². The molecule has 0 bridgehead atoms. The zero-order valence-corrected chi connectivity index (χ0v) is 10.6. The van der Waals surface area contributed by atoms with Gasteiger partial charge >= 0.3 is 0 Å². The molecule has 0 unspecified atom stereocenters. The summed E-state index contributed by atoms with van der Waals surface area (Å²) < 4.78 is 32.3. The van der Waals surface area contributed by atoms with Gasteiger partial charge in [-0.15, -0.1) is 11.6 Å². The molecule has 0 aliphatic rings. The van der Waals surface area contributed by atoms with Gasteiger partial charge in [-0.2, -0.15) is 0 Å². The van der Waals surface area contributed by atoms with Gasteiger partial charge in [0.1, 0.15) is 0 Å². The van der Waals surface area contributed by atoms with E-state index in [1.807, 2.05) is 0 Å². The SMILES string of the molecule is Fc1cc(CCl)ccc1Oc1cccc(Cl)c1F. The fourth-order valence-corrected chi connectivity index (χ4v) is 1.72. The fraction of sp³-hybridized carbons (Fsp3) is 0.0769. The molecule has 5 heteroatoms. The highest BCUT2D eigenvalue weighted by molar-refractivity contribution is 6.30. The number of ether oxygens (including phenoxy) is 1. The van der Waals surface area contributed by atoms with Crippen LogP contribution < -0.4 is 4.74 Å². The summed E-state index contributed by atoms with van der Waals surface area (Å²) in [6, 6.07) is 8.52. The lowest BCUT2D eigenvalue weighted by Gasteiger charge is -2.09. The van der Waals surface area contributed by atoms with Gasteiger partial charge in [0.05, 0.1) is 5.02 Å². The van der Waals surface area contributed by atoms with Crippen LogP contribution in [0, 0.1) is 11.6 Å². The van der Waals surface area contributed by atoms with Crippen molar-refractivity contribution in [3.8, 4) is 11.5 Å². The second-order valence-electron chi connectivity index (χ2n) is 3.55. The maximum atomic E-state index is 13.6. The molecule has 0 amide bonds. The van der Waals surface area contributed by atoms with Gasteiger partial charge in [-0.1, -0.05) is 23.7 Å². The van der Waals surface area contributed by atoms with Gasteiger partial charge in [0.2, 0.25) is 0 Å². The molecule has 0 aromatic heterocycles. The summed E-state index contributed by atoms with van der Waals surface area (Å²) in [5, 5.41) is -0.0784. The van der Waals surface area contributed by atoms with Crippen LogP contribution >= 0.6 is 23.2 Å². The molecule has 2 aromatic rings. The Morgan fingerprint density at radius 3 is 2.50 bits per heavy atom. The lowest BCUT2D eigenvalue weighted by molar-refractivity contribution is 0.414. The topological polar surface area (TPSA) is 9.23 Å². The fourth-order valence-electron chi connectivity index (χ4n) is 1.39. The molecule has 0 aliphatic heterocycles. The van der Waals surface area contributed by atoms with Crippen LogP contribution in [0.2, 0.25) is 5.02 Å². The van der Waals surface area contributed by atoms with E-state index in [4.69, 9.17) is 27.9 Å². The maximum Gasteiger partial charge on any atom is 0.184 e. The molecule has 0 spiro atoms. The van der Waals surface area contributed by atoms with E-state index >= 15 is 0 Å². The second kappa shape index (κ2) is 5.55. The van der Waals surface area contributed by atoms with Crippen LogP contribution in [0.3, 0.4) is 0 Å². The van der Waals surface area contributed by atoms with Gasteiger partial charge in [0.25, 0.3) is 0 Å². The predicted molar refractivity (Wildman–Crippen MR) is 67.4 cm³/mol. The Labute approximate surface area is 113 Å². The second-order valence-corrected chi connectivity index (χ2v) is 4.23. The van der Waals surface area contributed by atoms with Crippen molar-refractivity contribution in [1.29, 1.82) is 0 Å². The van der Waals surface area contributed by atoms with Crippen molar-refractivity contribution in [2.75, 3.05) is 0 Å². The van der Waals surface area contributed by atoms with E-state index < -0.39 is 11.6 Å². The molecule has 0 saturated carbocycles. The van der Waals surface area contributed by atoms with Gasteiger partial charge in [-0.05, 0) is 29.8 Å². The van der Waals surface area contributed by atoms with E-state index in [2.05, 4.69) is 0 Å². The number of alkyl halides is 1. The monoisotopic (exact) mass is 288 g/mol. The van der Waals surface area contributed by atoms with Gasteiger partial charge in [0, 0.05) is 5.88 Å². The largest absolute Gasteiger partial charge is 0.451 e. The van der Waals surface area contributed by atoms with Crippen molar-refractivity contribution >= 4 is 23.2 Å². The van der Waals surface area contributed by atoms with Crippen molar-refractivity contribution < 1.29 is 13.5 Å². The Bertz CT molecular complexity index is 573. The summed E-state index contributed by atoms with van der Waals surface area (Å²) in [6.07, 6.45) is 0. The minimum atomic E-state index is -0.722. The smallest absolute Gasteiger partial charge is 0.184 e. The lowest BCUT2D eigenvalue weighted by atomic mass is 10.2. The van der Waals surface area contributed by atoms with Crippen LogP contribution in [0.1, 0.15) is 5.56 Å². The zero-order chi connectivity index (χ0) is 13.1. The molecule has 0 fully saturated rings. The van der Waals surface area contributed by atoms with Crippen molar-refractivity contribution in [2.24, 2.45) is 0 Å².